The molecule has 1 rings (SSSR count). The summed E-state index contributed by atoms with van der Waals surface area (Å²) in [6, 6.07) is 0.124. The third kappa shape index (κ3) is 4.11. The summed E-state index contributed by atoms with van der Waals surface area (Å²) in [5, 5.41) is 2.85. The highest BCUT2D eigenvalue weighted by Gasteiger charge is 2.30. The minimum absolute atomic E-state index is 0.0722. The maximum atomic E-state index is 11.8. The van der Waals surface area contributed by atoms with Gasteiger partial charge in [0.05, 0.1) is 6.04 Å². The first-order valence-electron chi connectivity index (χ1n) is 6.59. The first-order chi connectivity index (χ1) is 8.06. The van der Waals surface area contributed by atoms with Crippen LogP contribution in [0.1, 0.15) is 46.5 Å². The highest BCUT2D eigenvalue weighted by molar-refractivity contribution is 5.81. The Kier molecular flexibility index (Phi) is 5.62. The number of likely N-dealkylation sites (tertiary alicyclic amines) is 1. The Morgan fingerprint density at radius 2 is 2.12 bits per heavy atom. The molecule has 1 heterocycles. The lowest BCUT2D eigenvalue weighted by molar-refractivity contribution is -0.129. The molecule has 0 bridgehead atoms. The second kappa shape index (κ2) is 6.74. The van der Waals surface area contributed by atoms with Gasteiger partial charge in [-0.3, -0.25) is 14.5 Å². The lowest BCUT2D eigenvalue weighted by Crippen LogP contribution is -2.52. The van der Waals surface area contributed by atoms with Crippen LogP contribution in [0.2, 0.25) is 0 Å². The summed E-state index contributed by atoms with van der Waals surface area (Å²) in [5.74, 6) is 0.285. The Morgan fingerprint density at radius 3 is 2.71 bits per heavy atom. The fourth-order valence-corrected chi connectivity index (χ4v) is 2.56. The van der Waals surface area contributed by atoms with Crippen molar-refractivity contribution in [2.24, 2.45) is 0 Å². The first kappa shape index (κ1) is 14.2. The molecule has 1 aliphatic rings. The summed E-state index contributed by atoms with van der Waals surface area (Å²) in [7, 11) is 0. The molecule has 98 valence electrons. The molecule has 2 atom stereocenters. The van der Waals surface area contributed by atoms with Gasteiger partial charge >= 0.3 is 0 Å². The van der Waals surface area contributed by atoms with E-state index in [9.17, 15) is 9.59 Å². The van der Waals surface area contributed by atoms with Crippen LogP contribution in [0, 0.1) is 0 Å². The molecule has 0 radical (unpaired) electrons. The molecule has 0 spiro atoms. The monoisotopic (exact) mass is 240 g/mol. The molecule has 1 saturated heterocycles. The van der Waals surface area contributed by atoms with Crippen molar-refractivity contribution >= 4 is 11.7 Å². The van der Waals surface area contributed by atoms with Crippen molar-refractivity contribution in [1.82, 2.24) is 10.2 Å². The van der Waals surface area contributed by atoms with E-state index < -0.39 is 0 Å². The van der Waals surface area contributed by atoms with Crippen LogP contribution in [0.4, 0.5) is 0 Å². The first-order valence-corrected chi connectivity index (χ1v) is 6.59. The van der Waals surface area contributed by atoms with Crippen molar-refractivity contribution in [3.8, 4) is 0 Å². The smallest absolute Gasteiger partial charge is 0.237 e. The fourth-order valence-electron chi connectivity index (χ4n) is 2.56. The largest absolute Gasteiger partial charge is 0.355 e. The molecule has 4 nitrogen and oxygen atoms in total. The third-order valence-electron chi connectivity index (χ3n) is 3.42. The number of amides is 1. The molecule has 4 heteroatoms. The number of carbonyl (C=O) groups excluding carboxylic acids is 2. The van der Waals surface area contributed by atoms with E-state index in [1.165, 1.54) is 0 Å². The minimum atomic E-state index is -0.125. The van der Waals surface area contributed by atoms with Crippen LogP contribution in [0.15, 0.2) is 0 Å². The van der Waals surface area contributed by atoms with Gasteiger partial charge in [-0.25, -0.2) is 0 Å². The van der Waals surface area contributed by atoms with E-state index in [2.05, 4.69) is 10.2 Å². The third-order valence-corrected chi connectivity index (χ3v) is 3.42. The highest BCUT2D eigenvalue weighted by atomic mass is 16.2. The Hall–Kier alpha value is -0.900. The summed E-state index contributed by atoms with van der Waals surface area (Å²) >= 11 is 0. The van der Waals surface area contributed by atoms with Gasteiger partial charge in [0.15, 0.2) is 0 Å². The fraction of sp³-hybridized carbons (Fsp3) is 0.846. The second-order valence-corrected chi connectivity index (χ2v) is 4.86. The molecular formula is C13H24N2O2. The predicted octanol–water partition coefficient (Wildman–Crippen LogP) is 1.34. The van der Waals surface area contributed by atoms with E-state index >= 15 is 0 Å². The van der Waals surface area contributed by atoms with Crippen molar-refractivity contribution in [3.05, 3.63) is 0 Å². The maximum Gasteiger partial charge on any atom is 0.237 e. The quantitative estimate of drug-likeness (QED) is 0.789. The number of piperidine rings is 1. The minimum Gasteiger partial charge on any atom is -0.355 e. The van der Waals surface area contributed by atoms with Gasteiger partial charge in [-0.2, -0.15) is 0 Å². The summed E-state index contributed by atoms with van der Waals surface area (Å²) in [6.07, 6.45) is 3.89. The van der Waals surface area contributed by atoms with Crippen molar-refractivity contribution < 1.29 is 9.59 Å². The molecule has 0 aromatic carbocycles. The number of hydrogen-bond donors (Lipinski definition) is 1. The van der Waals surface area contributed by atoms with E-state index in [0.29, 0.717) is 13.0 Å². The Bertz CT molecular complexity index is 279. The molecule has 0 aromatic heterocycles. The lowest BCUT2D eigenvalue weighted by Gasteiger charge is -2.38. The van der Waals surface area contributed by atoms with Gasteiger partial charge in [0.1, 0.15) is 5.78 Å². The number of ketones is 1. The zero-order valence-corrected chi connectivity index (χ0v) is 11.2. The van der Waals surface area contributed by atoms with E-state index in [0.717, 1.165) is 25.8 Å². The van der Waals surface area contributed by atoms with Crippen LogP contribution in [0.5, 0.6) is 0 Å². The van der Waals surface area contributed by atoms with Gasteiger partial charge in [0.25, 0.3) is 0 Å². The van der Waals surface area contributed by atoms with E-state index in [1.54, 1.807) is 6.92 Å². The Morgan fingerprint density at radius 1 is 1.41 bits per heavy atom. The molecule has 0 aromatic rings. The van der Waals surface area contributed by atoms with Crippen LogP contribution < -0.4 is 5.32 Å². The number of rotatable bonds is 5. The number of nitrogens with one attached hydrogen (secondary N) is 1. The van der Waals surface area contributed by atoms with Gasteiger partial charge < -0.3 is 5.32 Å². The maximum absolute atomic E-state index is 11.8. The number of nitrogens with zero attached hydrogens (tertiary/aromatic N) is 1. The Balaban J connectivity index is 2.63. The molecule has 17 heavy (non-hydrogen) atoms. The highest BCUT2D eigenvalue weighted by Crippen LogP contribution is 2.22. The van der Waals surface area contributed by atoms with Crippen LogP contribution in [-0.4, -0.2) is 41.8 Å². The zero-order chi connectivity index (χ0) is 12.8. The summed E-state index contributed by atoms with van der Waals surface area (Å²) < 4.78 is 0. The average molecular weight is 240 g/mol. The predicted molar refractivity (Wildman–Crippen MR) is 67.8 cm³/mol. The topological polar surface area (TPSA) is 49.4 Å². The van der Waals surface area contributed by atoms with Crippen LogP contribution in [-0.2, 0) is 9.59 Å². The molecule has 1 aliphatic heterocycles. The lowest BCUT2D eigenvalue weighted by atomic mass is 9.96. The number of hydrogen-bond acceptors (Lipinski definition) is 3. The Labute approximate surface area is 104 Å². The number of Topliss-reactive ketones (excluding diaryl/α,β-unsaturated/α-hetero) is 1. The second-order valence-electron chi connectivity index (χ2n) is 4.86. The van der Waals surface area contributed by atoms with Gasteiger partial charge in [0.2, 0.25) is 5.91 Å². The number of carbonyl (C=O) groups is 2. The molecule has 1 fully saturated rings. The van der Waals surface area contributed by atoms with E-state index in [1.807, 2.05) is 13.8 Å². The van der Waals surface area contributed by atoms with E-state index in [4.69, 9.17) is 0 Å². The van der Waals surface area contributed by atoms with Crippen LogP contribution in [0.3, 0.4) is 0 Å². The molecular weight excluding hydrogens is 216 g/mol. The van der Waals surface area contributed by atoms with Crippen molar-refractivity contribution in [1.29, 1.82) is 0 Å². The van der Waals surface area contributed by atoms with Crippen molar-refractivity contribution in [3.63, 3.8) is 0 Å². The van der Waals surface area contributed by atoms with Crippen molar-refractivity contribution in [2.75, 3.05) is 13.1 Å². The van der Waals surface area contributed by atoms with Crippen molar-refractivity contribution in [2.45, 2.75) is 58.5 Å². The molecule has 2 unspecified atom stereocenters. The van der Waals surface area contributed by atoms with Gasteiger partial charge in [-0.1, -0.05) is 6.42 Å². The summed E-state index contributed by atoms with van der Waals surface area (Å²) in [5.41, 5.74) is 0. The van der Waals surface area contributed by atoms with E-state index in [-0.39, 0.29) is 23.8 Å². The van der Waals surface area contributed by atoms with Crippen LogP contribution in [0.25, 0.3) is 0 Å². The van der Waals surface area contributed by atoms with Gasteiger partial charge in [-0.05, 0) is 40.2 Å². The van der Waals surface area contributed by atoms with Gasteiger partial charge in [-0.15, -0.1) is 0 Å². The van der Waals surface area contributed by atoms with Gasteiger partial charge in [0, 0.05) is 19.0 Å². The number of likely N-dealkylation sites (N-methyl/N-ethyl adjacent to an activating group) is 1. The molecule has 0 saturated carbocycles. The SMILES string of the molecule is CCNC(=O)C(C)N1CCCCC1CC(C)=O. The molecule has 1 N–H and O–H groups in total. The molecule has 0 aliphatic carbocycles. The van der Waals surface area contributed by atoms with Crippen LogP contribution >= 0.6 is 0 Å². The normalized spacial score (nSPS) is 23.1. The summed E-state index contributed by atoms with van der Waals surface area (Å²) in [4.78, 5) is 25.3. The zero-order valence-electron chi connectivity index (χ0n) is 11.2. The molecule has 1 amide bonds. The summed E-state index contributed by atoms with van der Waals surface area (Å²) in [6.45, 7) is 7.07. The average Bonchev–Trinajstić information content (AvgIpc) is 2.28. The standard InChI is InChI=1S/C13H24N2O2/c1-4-14-13(17)11(3)15-8-6-5-7-12(15)9-10(2)16/h11-12H,4-9H2,1-3H3,(H,14,17).